The molecule has 1 aliphatic carbocycles. The topological polar surface area (TPSA) is 49.3 Å². The molecule has 3 nitrogen and oxygen atoms in total. The zero-order chi connectivity index (χ0) is 13.4. The van der Waals surface area contributed by atoms with Gasteiger partial charge in [-0.05, 0) is 37.6 Å². The molecule has 1 unspecified atom stereocenters. The fourth-order valence-electron chi connectivity index (χ4n) is 2.97. The highest BCUT2D eigenvalue weighted by Gasteiger charge is 2.17. The quantitative estimate of drug-likeness (QED) is 0.685. The Hall–Kier alpha value is -0.570. The molecule has 0 saturated heterocycles. The van der Waals surface area contributed by atoms with Crippen molar-refractivity contribution >= 4 is 5.97 Å². The van der Waals surface area contributed by atoms with E-state index in [-0.39, 0.29) is 5.92 Å². The Morgan fingerprint density at radius 1 is 1.22 bits per heavy atom. The van der Waals surface area contributed by atoms with Gasteiger partial charge in [0, 0.05) is 12.5 Å². The fourth-order valence-corrected chi connectivity index (χ4v) is 2.97. The summed E-state index contributed by atoms with van der Waals surface area (Å²) in [5.74, 6) is 0.194. The van der Waals surface area contributed by atoms with E-state index in [1.165, 1.54) is 38.5 Å². The van der Waals surface area contributed by atoms with Gasteiger partial charge in [0.2, 0.25) is 0 Å². The number of rotatable bonds is 7. The molecular formula is C15H29NO2. The van der Waals surface area contributed by atoms with Crippen LogP contribution in [0.25, 0.3) is 0 Å². The summed E-state index contributed by atoms with van der Waals surface area (Å²) >= 11 is 0. The molecule has 1 saturated carbocycles. The van der Waals surface area contributed by atoms with Crippen molar-refractivity contribution in [3.63, 3.8) is 0 Å². The van der Waals surface area contributed by atoms with E-state index in [1.807, 2.05) is 0 Å². The van der Waals surface area contributed by atoms with Crippen LogP contribution in [0.1, 0.15) is 65.2 Å². The van der Waals surface area contributed by atoms with Crippen molar-refractivity contribution in [3.8, 4) is 0 Å². The van der Waals surface area contributed by atoms with Crippen molar-refractivity contribution in [1.29, 1.82) is 0 Å². The molecule has 0 bridgehead atoms. The lowest BCUT2D eigenvalue weighted by Crippen LogP contribution is -2.34. The Morgan fingerprint density at radius 3 is 2.33 bits per heavy atom. The molecule has 1 aliphatic rings. The maximum atomic E-state index is 10.9. The number of nitrogens with one attached hydrogen (secondary N) is 1. The van der Waals surface area contributed by atoms with Crippen molar-refractivity contribution in [2.24, 2.45) is 11.8 Å². The van der Waals surface area contributed by atoms with Gasteiger partial charge in [-0.15, -0.1) is 0 Å². The average molecular weight is 255 g/mol. The Balaban J connectivity index is 2.32. The van der Waals surface area contributed by atoms with Gasteiger partial charge in [-0.25, -0.2) is 0 Å². The van der Waals surface area contributed by atoms with Crippen LogP contribution in [-0.2, 0) is 4.79 Å². The molecule has 0 heterocycles. The number of hydrogen-bond acceptors (Lipinski definition) is 2. The highest BCUT2D eigenvalue weighted by Crippen LogP contribution is 2.19. The first kappa shape index (κ1) is 15.5. The van der Waals surface area contributed by atoms with Crippen LogP contribution >= 0.6 is 0 Å². The summed E-state index contributed by atoms with van der Waals surface area (Å²) in [7, 11) is 0. The smallest absolute Gasteiger partial charge is 0.303 e. The van der Waals surface area contributed by atoms with Crippen LogP contribution in [0.4, 0.5) is 0 Å². The number of carbonyl (C=O) groups is 1. The number of carboxylic acid groups (broad SMARTS) is 1. The van der Waals surface area contributed by atoms with Crippen LogP contribution in [0.3, 0.4) is 0 Å². The minimum absolute atomic E-state index is 0.283. The highest BCUT2D eigenvalue weighted by molar-refractivity contribution is 5.67. The Morgan fingerprint density at radius 2 is 1.83 bits per heavy atom. The minimum Gasteiger partial charge on any atom is -0.481 e. The molecule has 0 amide bonds. The van der Waals surface area contributed by atoms with Gasteiger partial charge in [0.15, 0.2) is 0 Å². The molecule has 0 aromatic rings. The van der Waals surface area contributed by atoms with Crippen molar-refractivity contribution in [3.05, 3.63) is 0 Å². The summed E-state index contributed by atoms with van der Waals surface area (Å²) in [5.41, 5.74) is 0. The third-order valence-corrected chi connectivity index (χ3v) is 3.82. The van der Waals surface area contributed by atoms with Gasteiger partial charge >= 0.3 is 5.97 Å². The van der Waals surface area contributed by atoms with Crippen LogP contribution in [0, 0.1) is 11.8 Å². The molecule has 0 aliphatic heterocycles. The Bertz CT molecular complexity index is 233. The summed E-state index contributed by atoms with van der Waals surface area (Å²) < 4.78 is 0. The zero-order valence-electron chi connectivity index (χ0n) is 12.0. The van der Waals surface area contributed by atoms with Gasteiger partial charge in [-0.1, -0.05) is 39.5 Å². The monoisotopic (exact) mass is 255 g/mol. The van der Waals surface area contributed by atoms with E-state index in [2.05, 4.69) is 19.2 Å². The van der Waals surface area contributed by atoms with Crippen molar-refractivity contribution in [2.75, 3.05) is 6.54 Å². The highest BCUT2D eigenvalue weighted by atomic mass is 16.4. The van der Waals surface area contributed by atoms with Gasteiger partial charge in [0.25, 0.3) is 0 Å². The third-order valence-electron chi connectivity index (χ3n) is 3.82. The van der Waals surface area contributed by atoms with Crippen LogP contribution < -0.4 is 5.32 Å². The Labute approximate surface area is 111 Å². The van der Waals surface area contributed by atoms with Crippen molar-refractivity contribution < 1.29 is 9.90 Å². The maximum Gasteiger partial charge on any atom is 0.303 e. The summed E-state index contributed by atoms with van der Waals surface area (Å²) in [6.07, 6.45) is 9.22. The second-order valence-corrected chi connectivity index (χ2v) is 6.19. The van der Waals surface area contributed by atoms with Crippen LogP contribution in [0.5, 0.6) is 0 Å². The normalized spacial score (nSPS) is 19.7. The standard InChI is InChI=1S/C15H29NO2/c1-12(2)9-13(10-15(17)18)11-16-14-7-5-3-4-6-8-14/h12-14,16H,3-11H2,1-2H3,(H,17,18). The summed E-state index contributed by atoms with van der Waals surface area (Å²) in [6, 6.07) is 0.621. The molecular weight excluding hydrogens is 226 g/mol. The van der Waals surface area contributed by atoms with Gasteiger partial charge < -0.3 is 10.4 Å². The molecule has 1 atom stereocenters. The second-order valence-electron chi connectivity index (χ2n) is 6.19. The minimum atomic E-state index is -0.664. The molecule has 1 rings (SSSR count). The van der Waals surface area contributed by atoms with Crippen molar-refractivity contribution in [2.45, 2.75) is 71.3 Å². The molecule has 0 aromatic heterocycles. The van der Waals surface area contributed by atoms with Crippen LogP contribution in [0.15, 0.2) is 0 Å². The van der Waals surface area contributed by atoms with E-state index in [0.717, 1.165) is 13.0 Å². The third kappa shape index (κ3) is 7.00. The first-order chi connectivity index (χ1) is 8.58. The number of aliphatic carboxylic acids is 1. The van der Waals surface area contributed by atoms with Crippen LogP contribution in [-0.4, -0.2) is 23.7 Å². The lowest BCUT2D eigenvalue weighted by atomic mass is 9.93. The van der Waals surface area contributed by atoms with E-state index in [4.69, 9.17) is 5.11 Å². The van der Waals surface area contributed by atoms with Gasteiger partial charge in [0.1, 0.15) is 0 Å². The lowest BCUT2D eigenvalue weighted by Gasteiger charge is -2.22. The summed E-state index contributed by atoms with van der Waals surface area (Å²) in [6.45, 7) is 5.20. The maximum absolute atomic E-state index is 10.9. The fraction of sp³-hybridized carbons (Fsp3) is 0.933. The van der Waals surface area contributed by atoms with Crippen molar-refractivity contribution in [1.82, 2.24) is 5.32 Å². The number of carboxylic acids is 1. The predicted octanol–water partition coefficient (Wildman–Crippen LogP) is 3.44. The van der Waals surface area contributed by atoms with E-state index >= 15 is 0 Å². The first-order valence-corrected chi connectivity index (χ1v) is 7.53. The summed E-state index contributed by atoms with van der Waals surface area (Å²) in [5, 5.41) is 12.6. The van der Waals surface area contributed by atoms with E-state index in [0.29, 0.717) is 18.4 Å². The molecule has 0 aromatic carbocycles. The molecule has 106 valence electrons. The van der Waals surface area contributed by atoms with Gasteiger partial charge in [-0.2, -0.15) is 0 Å². The lowest BCUT2D eigenvalue weighted by molar-refractivity contribution is -0.138. The molecule has 18 heavy (non-hydrogen) atoms. The van der Waals surface area contributed by atoms with Gasteiger partial charge in [0.05, 0.1) is 0 Å². The molecule has 1 fully saturated rings. The van der Waals surface area contributed by atoms with E-state index in [1.54, 1.807) is 0 Å². The molecule has 0 radical (unpaired) electrons. The van der Waals surface area contributed by atoms with E-state index in [9.17, 15) is 4.79 Å². The average Bonchev–Trinajstić information content (AvgIpc) is 2.52. The molecule has 0 spiro atoms. The first-order valence-electron chi connectivity index (χ1n) is 7.53. The van der Waals surface area contributed by atoms with Gasteiger partial charge in [-0.3, -0.25) is 4.79 Å². The zero-order valence-corrected chi connectivity index (χ0v) is 12.0. The van der Waals surface area contributed by atoms with Crippen LogP contribution in [0.2, 0.25) is 0 Å². The number of hydrogen-bond donors (Lipinski definition) is 2. The van der Waals surface area contributed by atoms with E-state index < -0.39 is 5.97 Å². The summed E-state index contributed by atoms with van der Waals surface area (Å²) in [4.78, 5) is 10.9. The molecule has 2 N–H and O–H groups in total. The molecule has 3 heteroatoms. The Kier molecular flexibility index (Phi) is 7.33. The SMILES string of the molecule is CC(C)CC(CNC1CCCCCC1)CC(=O)O. The predicted molar refractivity (Wildman–Crippen MR) is 74.7 cm³/mol. The largest absolute Gasteiger partial charge is 0.481 e. The second kappa shape index (κ2) is 8.52.